The molecule has 2 N–H and O–H groups in total. The molecule has 1 rings (SSSR count). The van der Waals surface area contributed by atoms with E-state index in [1.807, 2.05) is 6.07 Å². The first-order valence-electron chi connectivity index (χ1n) is 5.12. The zero-order chi connectivity index (χ0) is 13.5. The van der Waals surface area contributed by atoms with E-state index in [0.717, 1.165) is 10.6 Å². The van der Waals surface area contributed by atoms with Crippen LogP contribution in [-0.4, -0.2) is 28.1 Å². The van der Waals surface area contributed by atoms with Crippen LogP contribution in [0.4, 0.5) is 0 Å². The molecule has 1 aromatic rings. The number of carboxylic acid groups (broad SMARTS) is 1. The first-order chi connectivity index (χ1) is 8.54. The molecule has 0 fully saturated rings. The number of pyridine rings is 1. The average molecular weight is 249 g/mol. The molecule has 1 heterocycles. The zero-order valence-corrected chi connectivity index (χ0v) is 9.42. The molecule has 0 unspecified atom stereocenters. The normalized spacial score (nSPS) is 9.50. The monoisotopic (exact) mass is 249 g/mol. The fourth-order valence-electron chi connectivity index (χ4n) is 1.24. The average Bonchev–Trinajstić information content (AvgIpc) is 2.32. The minimum atomic E-state index is -1.20. The van der Waals surface area contributed by atoms with Crippen LogP contribution in [0.15, 0.2) is 23.1 Å². The van der Waals surface area contributed by atoms with Crippen LogP contribution in [0.5, 0.6) is 0 Å². The van der Waals surface area contributed by atoms with Crippen molar-refractivity contribution >= 4 is 11.9 Å². The van der Waals surface area contributed by atoms with Gasteiger partial charge < -0.3 is 15.0 Å². The Morgan fingerprint density at radius 2 is 2.22 bits per heavy atom. The summed E-state index contributed by atoms with van der Waals surface area (Å²) >= 11 is 0. The van der Waals surface area contributed by atoms with E-state index in [4.69, 9.17) is 10.4 Å². The van der Waals surface area contributed by atoms with E-state index in [2.05, 4.69) is 5.32 Å². The highest BCUT2D eigenvalue weighted by atomic mass is 16.4. The van der Waals surface area contributed by atoms with E-state index >= 15 is 0 Å². The third-order valence-electron chi connectivity index (χ3n) is 2.12. The van der Waals surface area contributed by atoms with Gasteiger partial charge in [-0.05, 0) is 6.07 Å². The number of carbonyl (C=O) groups is 2. The summed E-state index contributed by atoms with van der Waals surface area (Å²) in [4.78, 5) is 33.4. The van der Waals surface area contributed by atoms with Crippen molar-refractivity contribution in [1.82, 2.24) is 9.88 Å². The standard InChI is InChI=1S/C11H11N3O4/c12-3-1-4-13-9(15)7-14-5-2-8(11(17)18)6-10(14)16/h2,5-6H,1,4,7H2,(H,13,15)(H,17,18). The molecule has 0 spiro atoms. The molecule has 0 aliphatic rings. The molecular weight excluding hydrogens is 238 g/mol. The fourth-order valence-corrected chi connectivity index (χ4v) is 1.24. The number of rotatable bonds is 5. The Kier molecular flexibility index (Phi) is 4.63. The number of hydrogen-bond acceptors (Lipinski definition) is 4. The summed E-state index contributed by atoms with van der Waals surface area (Å²) in [6.45, 7) is 0.0153. The van der Waals surface area contributed by atoms with Gasteiger partial charge >= 0.3 is 5.97 Å². The summed E-state index contributed by atoms with van der Waals surface area (Å²) in [5.41, 5.74) is -0.688. The highest BCUT2D eigenvalue weighted by Gasteiger charge is 2.07. The van der Waals surface area contributed by atoms with Crippen molar-refractivity contribution in [1.29, 1.82) is 5.26 Å². The second-order valence-electron chi connectivity index (χ2n) is 3.44. The number of carbonyl (C=O) groups excluding carboxylic acids is 1. The van der Waals surface area contributed by atoms with E-state index in [0.29, 0.717) is 0 Å². The molecule has 0 aliphatic carbocycles. The molecule has 1 aromatic heterocycles. The van der Waals surface area contributed by atoms with Crippen LogP contribution in [0.2, 0.25) is 0 Å². The van der Waals surface area contributed by atoms with Crippen molar-refractivity contribution < 1.29 is 14.7 Å². The molecular formula is C11H11N3O4. The summed E-state index contributed by atoms with van der Waals surface area (Å²) in [5, 5.41) is 19.4. The zero-order valence-electron chi connectivity index (χ0n) is 9.42. The van der Waals surface area contributed by atoms with E-state index in [1.54, 1.807) is 0 Å². The van der Waals surface area contributed by atoms with Crippen LogP contribution < -0.4 is 10.9 Å². The van der Waals surface area contributed by atoms with Crippen LogP contribution >= 0.6 is 0 Å². The molecule has 0 aliphatic heterocycles. The summed E-state index contributed by atoms with van der Waals surface area (Å²) < 4.78 is 1.09. The van der Waals surface area contributed by atoms with Crippen LogP contribution in [0.25, 0.3) is 0 Å². The summed E-state index contributed by atoms with van der Waals surface area (Å²) in [6.07, 6.45) is 1.44. The number of carboxylic acids is 1. The van der Waals surface area contributed by atoms with E-state index in [9.17, 15) is 14.4 Å². The lowest BCUT2D eigenvalue weighted by atomic mass is 10.3. The Hall–Kier alpha value is -2.62. The predicted molar refractivity (Wildman–Crippen MR) is 60.9 cm³/mol. The van der Waals surface area contributed by atoms with Crippen LogP contribution in [0.3, 0.4) is 0 Å². The highest BCUT2D eigenvalue weighted by molar-refractivity contribution is 5.87. The lowest BCUT2D eigenvalue weighted by molar-refractivity contribution is -0.121. The van der Waals surface area contributed by atoms with Gasteiger partial charge in [-0.15, -0.1) is 0 Å². The van der Waals surface area contributed by atoms with Gasteiger partial charge in [-0.25, -0.2) is 4.79 Å². The minimum absolute atomic E-state index is 0.124. The third kappa shape index (κ3) is 3.75. The van der Waals surface area contributed by atoms with Crippen molar-refractivity contribution in [3.63, 3.8) is 0 Å². The maximum atomic E-state index is 11.5. The van der Waals surface area contributed by atoms with Crippen molar-refractivity contribution in [2.75, 3.05) is 6.54 Å². The predicted octanol–water partition coefficient (Wildman–Crippen LogP) is -0.424. The van der Waals surface area contributed by atoms with Crippen molar-refractivity contribution in [2.45, 2.75) is 13.0 Å². The summed E-state index contributed by atoms with van der Waals surface area (Å²) in [6, 6.07) is 4.06. The number of nitrogens with zero attached hydrogens (tertiary/aromatic N) is 2. The Bertz CT molecular complexity index is 556. The van der Waals surface area contributed by atoms with Gasteiger partial charge in [0.05, 0.1) is 18.1 Å². The second kappa shape index (κ2) is 6.20. The minimum Gasteiger partial charge on any atom is -0.478 e. The van der Waals surface area contributed by atoms with E-state index < -0.39 is 17.4 Å². The molecule has 0 radical (unpaired) electrons. The second-order valence-corrected chi connectivity index (χ2v) is 3.44. The Labute approximate surface area is 102 Å². The number of hydrogen-bond donors (Lipinski definition) is 2. The first-order valence-corrected chi connectivity index (χ1v) is 5.12. The van der Waals surface area contributed by atoms with Crippen molar-refractivity contribution in [3.8, 4) is 6.07 Å². The van der Waals surface area contributed by atoms with Gasteiger partial charge in [0, 0.05) is 18.8 Å². The van der Waals surface area contributed by atoms with Gasteiger partial charge in [0.25, 0.3) is 5.56 Å². The molecule has 0 aromatic carbocycles. The molecule has 0 atom stereocenters. The molecule has 0 bridgehead atoms. The van der Waals surface area contributed by atoms with Crippen molar-refractivity contribution in [2.24, 2.45) is 0 Å². The summed E-state index contributed by atoms with van der Waals surface area (Å²) in [5.74, 6) is -1.60. The molecule has 0 saturated heterocycles. The number of nitrogens with one attached hydrogen (secondary N) is 1. The van der Waals surface area contributed by atoms with Gasteiger partial charge in [-0.1, -0.05) is 0 Å². The van der Waals surface area contributed by atoms with Crippen LogP contribution in [0.1, 0.15) is 16.8 Å². The summed E-state index contributed by atoms with van der Waals surface area (Å²) in [7, 11) is 0. The molecule has 7 heteroatoms. The quantitative estimate of drug-likeness (QED) is 0.688. The van der Waals surface area contributed by atoms with Gasteiger partial charge in [0.15, 0.2) is 0 Å². The van der Waals surface area contributed by atoms with Gasteiger partial charge in [0.2, 0.25) is 5.91 Å². The first kappa shape index (κ1) is 13.4. The third-order valence-corrected chi connectivity index (χ3v) is 2.12. The molecule has 1 amide bonds. The van der Waals surface area contributed by atoms with Crippen LogP contribution in [0, 0.1) is 11.3 Å². The molecule has 94 valence electrons. The lowest BCUT2D eigenvalue weighted by Crippen LogP contribution is -2.32. The topological polar surface area (TPSA) is 112 Å². The molecule has 7 nitrogen and oxygen atoms in total. The maximum Gasteiger partial charge on any atom is 0.335 e. The Balaban J connectivity index is 2.69. The van der Waals surface area contributed by atoms with Gasteiger partial charge in [0.1, 0.15) is 6.54 Å². The van der Waals surface area contributed by atoms with Crippen molar-refractivity contribution in [3.05, 3.63) is 34.2 Å². The van der Waals surface area contributed by atoms with Gasteiger partial charge in [-0.3, -0.25) is 9.59 Å². The molecule has 18 heavy (non-hydrogen) atoms. The highest BCUT2D eigenvalue weighted by Crippen LogP contribution is 1.94. The Morgan fingerprint density at radius 1 is 1.50 bits per heavy atom. The van der Waals surface area contributed by atoms with Crippen LogP contribution in [-0.2, 0) is 11.3 Å². The largest absolute Gasteiger partial charge is 0.478 e. The van der Waals surface area contributed by atoms with E-state index in [-0.39, 0.29) is 25.1 Å². The number of aromatic carboxylic acids is 1. The van der Waals surface area contributed by atoms with E-state index in [1.165, 1.54) is 12.3 Å². The number of aromatic nitrogens is 1. The SMILES string of the molecule is N#CCCNC(=O)Cn1ccc(C(=O)O)cc1=O. The number of nitriles is 1. The smallest absolute Gasteiger partial charge is 0.335 e. The fraction of sp³-hybridized carbons (Fsp3) is 0.273. The maximum absolute atomic E-state index is 11.5. The van der Waals surface area contributed by atoms with Gasteiger partial charge in [-0.2, -0.15) is 5.26 Å². The lowest BCUT2D eigenvalue weighted by Gasteiger charge is -2.06. The number of amides is 1. The molecule has 0 saturated carbocycles. The Morgan fingerprint density at radius 3 is 2.78 bits per heavy atom.